The third kappa shape index (κ3) is 2.69. The molecule has 0 heterocycles. The first-order valence-corrected chi connectivity index (χ1v) is 10.1. The Labute approximate surface area is 128 Å². The van der Waals surface area contributed by atoms with E-state index in [-0.39, 0.29) is 0 Å². The van der Waals surface area contributed by atoms with Crippen LogP contribution >= 0.6 is 15.9 Å². The van der Waals surface area contributed by atoms with E-state index in [1.54, 1.807) is 0 Å². The predicted octanol–water partition coefficient (Wildman–Crippen LogP) is 5.32. The fraction of sp³-hybridized carbons (Fsp3) is 0.529. The van der Waals surface area contributed by atoms with Crippen LogP contribution in [0.4, 0.5) is 0 Å². The fourth-order valence-corrected chi connectivity index (χ4v) is 11.5. The molecule has 0 amide bonds. The van der Waals surface area contributed by atoms with Gasteiger partial charge in [-0.3, -0.25) is 0 Å². The van der Waals surface area contributed by atoms with Gasteiger partial charge in [0, 0.05) is 10.0 Å². The Balaban J connectivity index is 3.69. The van der Waals surface area contributed by atoms with Gasteiger partial charge in [-0.2, -0.15) is 0 Å². The summed E-state index contributed by atoms with van der Waals surface area (Å²) < 4.78 is 1.06. The molecule has 1 aromatic carbocycles. The van der Waals surface area contributed by atoms with Gasteiger partial charge in [-0.25, -0.2) is 0 Å². The monoisotopic (exact) mass is 336 g/mol. The summed E-state index contributed by atoms with van der Waals surface area (Å²) in [7, 11) is -1.67. The smallest absolute Gasteiger partial charge is 0.0959 e. The molecule has 19 heavy (non-hydrogen) atoms. The van der Waals surface area contributed by atoms with E-state index in [1.807, 2.05) is 0 Å². The average Bonchev–Trinajstić information content (AvgIpc) is 2.28. The van der Waals surface area contributed by atoms with Gasteiger partial charge in [0.05, 0.1) is 8.07 Å². The lowest BCUT2D eigenvalue weighted by Crippen LogP contribution is -2.56. The van der Waals surface area contributed by atoms with E-state index in [0.29, 0.717) is 16.6 Å². The molecule has 104 valence electrons. The standard InChI is InChI=1S/C17H25BrSi/c1-8-15-16(18)10-9-11-17(15)19(12(2)3,13(4)5)14(6)7/h1,9-14H,2-7H3. The van der Waals surface area contributed by atoms with Crippen molar-refractivity contribution in [3.05, 3.63) is 28.2 Å². The van der Waals surface area contributed by atoms with E-state index in [0.717, 1.165) is 10.0 Å². The van der Waals surface area contributed by atoms with Crippen molar-refractivity contribution < 1.29 is 0 Å². The molecule has 0 unspecified atom stereocenters. The first-order valence-electron chi connectivity index (χ1n) is 7.05. The van der Waals surface area contributed by atoms with Crippen LogP contribution < -0.4 is 5.19 Å². The van der Waals surface area contributed by atoms with Gasteiger partial charge in [0.25, 0.3) is 0 Å². The molecule has 0 aromatic heterocycles. The van der Waals surface area contributed by atoms with E-state index < -0.39 is 8.07 Å². The summed E-state index contributed by atoms with van der Waals surface area (Å²) in [5, 5.41) is 1.45. The summed E-state index contributed by atoms with van der Waals surface area (Å²) in [6.07, 6.45) is 5.79. The van der Waals surface area contributed by atoms with Crippen LogP contribution in [-0.4, -0.2) is 8.07 Å². The molecular formula is C17H25BrSi. The van der Waals surface area contributed by atoms with E-state index in [9.17, 15) is 0 Å². The maximum Gasteiger partial charge on any atom is 0.0959 e. The Bertz CT molecular complexity index is 459. The Morgan fingerprint density at radius 3 is 1.84 bits per heavy atom. The molecule has 0 fully saturated rings. The van der Waals surface area contributed by atoms with Gasteiger partial charge in [-0.05, 0) is 43.8 Å². The van der Waals surface area contributed by atoms with E-state index in [4.69, 9.17) is 6.42 Å². The number of rotatable bonds is 4. The molecule has 0 N–H and O–H groups in total. The quantitative estimate of drug-likeness (QED) is 0.515. The van der Waals surface area contributed by atoms with Crippen LogP contribution in [0.3, 0.4) is 0 Å². The normalized spacial score (nSPS) is 12.3. The second kappa shape index (κ2) is 6.28. The number of terminal acetylenes is 1. The first-order chi connectivity index (χ1) is 8.79. The summed E-state index contributed by atoms with van der Waals surface area (Å²) in [6.45, 7) is 14.2. The third-order valence-corrected chi connectivity index (χ3v) is 12.2. The molecule has 0 aliphatic rings. The number of benzene rings is 1. The van der Waals surface area contributed by atoms with Gasteiger partial charge in [-0.1, -0.05) is 59.6 Å². The maximum absolute atomic E-state index is 5.79. The Kier molecular flexibility index (Phi) is 5.47. The minimum Gasteiger partial charge on any atom is -0.115 e. The van der Waals surface area contributed by atoms with Crippen molar-refractivity contribution in [1.82, 2.24) is 0 Å². The summed E-state index contributed by atoms with van der Waals surface area (Å²) in [4.78, 5) is 0. The molecule has 0 nitrogen and oxygen atoms in total. The van der Waals surface area contributed by atoms with Gasteiger partial charge in [0.15, 0.2) is 0 Å². The average molecular weight is 337 g/mol. The summed E-state index contributed by atoms with van der Waals surface area (Å²) in [5.41, 5.74) is 3.10. The Morgan fingerprint density at radius 2 is 1.47 bits per heavy atom. The van der Waals surface area contributed by atoms with Crippen LogP contribution in [-0.2, 0) is 0 Å². The van der Waals surface area contributed by atoms with Crippen molar-refractivity contribution in [2.75, 3.05) is 0 Å². The second-order valence-corrected chi connectivity index (χ2v) is 12.9. The highest BCUT2D eigenvalue weighted by Gasteiger charge is 2.45. The van der Waals surface area contributed by atoms with Crippen molar-refractivity contribution in [2.45, 2.75) is 58.2 Å². The highest BCUT2D eigenvalue weighted by molar-refractivity contribution is 9.10. The molecule has 0 aliphatic heterocycles. The molecule has 0 saturated carbocycles. The predicted molar refractivity (Wildman–Crippen MR) is 92.8 cm³/mol. The summed E-state index contributed by atoms with van der Waals surface area (Å²) in [6, 6.07) is 6.46. The van der Waals surface area contributed by atoms with Crippen molar-refractivity contribution in [3.8, 4) is 12.3 Å². The van der Waals surface area contributed by atoms with E-state index >= 15 is 0 Å². The number of hydrogen-bond donors (Lipinski definition) is 0. The Morgan fingerprint density at radius 1 is 1.00 bits per heavy atom. The van der Waals surface area contributed by atoms with Gasteiger partial charge in [0.2, 0.25) is 0 Å². The molecule has 0 saturated heterocycles. The van der Waals surface area contributed by atoms with Crippen LogP contribution in [0.25, 0.3) is 0 Å². The Hall–Kier alpha value is -0.523. The lowest BCUT2D eigenvalue weighted by molar-refractivity contribution is 0.834. The number of hydrogen-bond acceptors (Lipinski definition) is 0. The molecule has 1 rings (SSSR count). The largest absolute Gasteiger partial charge is 0.115 e. The van der Waals surface area contributed by atoms with Crippen molar-refractivity contribution in [2.24, 2.45) is 0 Å². The second-order valence-electron chi connectivity index (χ2n) is 6.20. The molecule has 1 aromatic rings. The van der Waals surface area contributed by atoms with Crippen molar-refractivity contribution >= 4 is 29.2 Å². The van der Waals surface area contributed by atoms with Crippen LogP contribution in [0.15, 0.2) is 22.7 Å². The summed E-state index contributed by atoms with van der Waals surface area (Å²) >= 11 is 3.63. The van der Waals surface area contributed by atoms with Gasteiger partial charge in [-0.15, -0.1) is 6.42 Å². The van der Waals surface area contributed by atoms with Gasteiger partial charge < -0.3 is 0 Å². The molecular weight excluding hydrogens is 312 g/mol. The van der Waals surface area contributed by atoms with E-state index in [2.05, 4.69) is 81.6 Å². The first kappa shape index (κ1) is 16.5. The highest BCUT2D eigenvalue weighted by Crippen LogP contribution is 2.42. The fourth-order valence-electron chi connectivity index (χ4n) is 3.96. The van der Waals surface area contributed by atoms with Gasteiger partial charge in [0.1, 0.15) is 0 Å². The molecule has 0 radical (unpaired) electrons. The third-order valence-electron chi connectivity index (χ3n) is 4.49. The van der Waals surface area contributed by atoms with Crippen molar-refractivity contribution in [1.29, 1.82) is 0 Å². The minimum atomic E-state index is -1.67. The molecule has 2 heteroatoms. The van der Waals surface area contributed by atoms with Crippen LogP contribution in [0.2, 0.25) is 16.6 Å². The minimum absolute atomic E-state index is 0.675. The van der Waals surface area contributed by atoms with Crippen LogP contribution in [0.5, 0.6) is 0 Å². The highest BCUT2D eigenvalue weighted by atomic mass is 79.9. The molecule has 0 aliphatic carbocycles. The zero-order valence-corrected chi connectivity index (χ0v) is 15.5. The zero-order chi connectivity index (χ0) is 14.8. The maximum atomic E-state index is 5.79. The molecule has 0 bridgehead atoms. The van der Waals surface area contributed by atoms with Crippen molar-refractivity contribution in [3.63, 3.8) is 0 Å². The van der Waals surface area contributed by atoms with Gasteiger partial charge >= 0.3 is 0 Å². The van der Waals surface area contributed by atoms with Crippen LogP contribution in [0.1, 0.15) is 47.1 Å². The number of halogens is 1. The zero-order valence-electron chi connectivity index (χ0n) is 12.9. The summed E-state index contributed by atoms with van der Waals surface area (Å²) in [5.74, 6) is 2.92. The lowest BCUT2D eigenvalue weighted by Gasteiger charge is -2.44. The molecule has 0 spiro atoms. The molecule has 0 atom stereocenters. The lowest BCUT2D eigenvalue weighted by atomic mass is 10.2. The SMILES string of the molecule is C#Cc1c(Br)cccc1[Si](C(C)C)(C(C)C)C(C)C. The van der Waals surface area contributed by atoms with E-state index in [1.165, 1.54) is 5.19 Å². The van der Waals surface area contributed by atoms with Crippen LogP contribution in [0, 0.1) is 12.3 Å². The topological polar surface area (TPSA) is 0 Å².